The molecule has 1 unspecified atom stereocenters. The fraction of sp³-hybridized carbons (Fsp3) is 0.667. The van der Waals surface area contributed by atoms with Gasteiger partial charge in [0.05, 0.1) is 19.3 Å². The molecule has 1 fully saturated rings. The zero-order valence-electron chi connectivity index (χ0n) is 12.4. The second-order valence-corrected chi connectivity index (χ2v) is 8.26. The molecule has 0 bridgehead atoms. The minimum atomic E-state index is -0.319. The number of amidine groups is 1. The highest BCUT2D eigenvalue weighted by molar-refractivity contribution is 8.00. The first-order valence-corrected chi connectivity index (χ1v) is 8.62. The molecule has 0 amide bonds. The van der Waals surface area contributed by atoms with Gasteiger partial charge in [-0.1, -0.05) is 26.1 Å². The van der Waals surface area contributed by atoms with Crippen molar-refractivity contribution in [1.82, 2.24) is 4.90 Å². The van der Waals surface area contributed by atoms with Crippen LogP contribution in [0.5, 0.6) is 0 Å². The largest absolute Gasteiger partial charge is 0.378 e. The molecule has 21 heavy (non-hydrogen) atoms. The summed E-state index contributed by atoms with van der Waals surface area (Å²) in [5.74, 6) is 1.59. The Bertz CT molecular complexity index is 568. The van der Waals surface area contributed by atoms with Crippen molar-refractivity contribution in [2.45, 2.75) is 25.0 Å². The maximum atomic E-state index is 9.49. The zero-order valence-corrected chi connectivity index (χ0v) is 14.0. The van der Waals surface area contributed by atoms with Crippen LogP contribution in [0.1, 0.15) is 20.3 Å². The Morgan fingerprint density at radius 3 is 2.81 bits per heavy atom. The van der Waals surface area contributed by atoms with E-state index in [1.54, 1.807) is 0 Å². The van der Waals surface area contributed by atoms with Crippen molar-refractivity contribution in [3.63, 3.8) is 0 Å². The number of morpholine rings is 1. The maximum absolute atomic E-state index is 9.49. The van der Waals surface area contributed by atoms with Crippen molar-refractivity contribution < 1.29 is 4.74 Å². The standard InChI is InChI=1S/C15H19N3OS2/c1-15(2)7-10-11(8-16)14(20)17-13(12(10)9-21-15)18-3-5-19-6-4-18/h11H,3-7,9H2,1-2H3. The third-order valence-corrected chi connectivity index (χ3v) is 5.82. The first-order chi connectivity index (χ1) is 10.0. The smallest absolute Gasteiger partial charge is 0.134 e. The molecule has 3 rings (SSSR count). The monoisotopic (exact) mass is 321 g/mol. The third kappa shape index (κ3) is 2.87. The molecule has 112 valence electrons. The van der Waals surface area contributed by atoms with Gasteiger partial charge in [-0.15, -0.1) is 0 Å². The van der Waals surface area contributed by atoms with Crippen molar-refractivity contribution in [2.24, 2.45) is 10.9 Å². The second kappa shape index (κ2) is 5.71. The van der Waals surface area contributed by atoms with Gasteiger partial charge in [-0.3, -0.25) is 0 Å². The summed E-state index contributed by atoms with van der Waals surface area (Å²) in [7, 11) is 0. The molecule has 0 radical (unpaired) electrons. The van der Waals surface area contributed by atoms with Gasteiger partial charge in [0.15, 0.2) is 0 Å². The maximum Gasteiger partial charge on any atom is 0.134 e. The summed E-state index contributed by atoms with van der Waals surface area (Å²) in [6.07, 6.45) is 0.911. The molecule has 6 heteroatoms. The van der Waals surface area contributed by atoms with Gasteiger partial charge in [-0.25, -0.2) is 4.99 Å². The molecule has 0 aromatic carbocycles. The fourth-order valence-electron chi connectivity index (χ4n) is 3.02. The van der Waals surface area contributed by atoms with Crippen molar-refractivity contribution in [3.8, 4) is 6.07 Å². The molecule has 3 heterocycles. The summed E-state index contributed by atoms with van der Waals surface area (Å²) in [5, 5.41) is 9.49. The van der Waals surface area contributed by atoms with E-state index in [4.69, 9.17) is 17.0 Å². The minimum absolute atomic E-state index is 0.164. The van der Waals surface area contributed by atoms with Gasteiger partial charge in [-0.05, 0) is 12.0 Å². The predicted molar refractivity (Wildman–Crippen MR) is 89.7 cm³/mol. The number of thioether (sulfide) groups is 1. The van der Waals surface area contributed by atoms with Crippen LogP contribution < -0.4 is 0 Å². The molecule has 0 aromatic heterocycles. The van der Waals surface area contributed by atoms with Crippen LogP contribution in [-0.2, 0) is 4.74 Å². The van der Waals surface area contributed by atoms with Crippen LogP contribution >= 0.6 is 24.0 Å². The van der Waals surface area contributed by atoms with Gasteiger partial charge in [0.25, 0.3) is 0 Å². The Balaban J connectivity index is 1.99. The minimum Gasteiger partial charge on any atom is -0.378 e. The Hall–Kier alpha value is -0.900. The predicted octanol–water partition coefficient (Wildman–Crippen LogP) is 2.41. The molecule has 0 N–H and O–H groups in total. The Morgan fingerprint density at radius 1 is 1.43 bits per heavy atom. The zero-order chi connectivity index (χ0) is 15.0. The molecule has 0 spiro atoms. The van der Waals surface area contributed by atoms with Crippen LogP contribution in [0.2, 0.25) is 0 Å². The lowest BCUT2D eigenvalue weighted by atomic mass is 9.85. The van der Waals surface area contributed by atoms with Gasteiger partial charge in [0.1, 0.15) is 16.7 Å². The SMILES string of the molecule is CC1(C)CC2=C(CS1)C(N1CCOCC1)=NC(=S)C2C#N. The summed E-state index contributed by atoms with van der Waals surface area (Å²) < 4.78 is 5.59. The van der Waals surface area contributed by atoms with Gasteiger partial charge in [0.2, 0.25) is 0 Å². The normalized spacial score (nSPS) is 28.8. The van der Waals surface area contributed by atoms with E-state index in [1.807, 2.05) is 11.8 Å². The summed E-state index contributed by atoms with van der Waals surface area (Å²) in [4.78, 5) is 7.40. The van der Waals surface area contributed by atoms with Crippen LogP contribution in [0, 0.1) is 17.2 Å². The van der Waals surface area contributed by atoms with Crippen LogP contribution in [0.4, 0.5) is 0 Å². The number of nitriles is 1. The van der Waals surface area contributed by atoms with E-state index in [9.17, 15) is 5.26 Å². The Morgan fingerprint density at radius 2 is 2.14 bits per heavy atom. The number of hydrogen-bond donors (Lipinski definition) is 0. The van der Waals surface area contributed by atoms with E-state index in [0.717, 1.165) is 44.3 Å². The van der Waals surface area contributed by atoms with E-state index in [2.05, 4.69) is 29.8 Å². The molecule has 3 aliphatic rings. The van der Waals surface area contributed by atoms with Crippen molar-refractivity contribution >= 4 is 34.8 Å². The van der Waals surface area contributed by atoms with E-state index >= 15 is 0 Å². The van der Waals surface area contributed by atoms with Crippen LogP contribution in [0.15, 0.2) is 16.1 Å². The number of ether oxygens (including phenoxy) is 1. The summed E-state index contributed by atoms with van der Waals surface area (Å²) >= 11 is 7.35. The third-order valence-electron chi connectivity index (χ3n) is 4.13. The van der Waals surface area contributed by atoms with Crippen LogP contribution in [0.25, 0.3) is 0 Å². The van der Waals surface area contributed by atoms with Crippen molar-refractivity contribution in [2.75, 3.05) is 32.1 Å². The lowest BCUT2D eigenvalue weighted by Crippen LogP contribution is -2.45. The number of rotatable bonds is 0. The topological polar surface area (TPSA) is 48.6 Å². The average Bonchev–Trinajstić information content (AvgIpc) is 2.46. The van der Waals surface area contributed by atoms with E-state index in [-0.39, 0.29) is 10.7 Å². The first kappa shape index (κ1) is 15.0. The molecule has 1 atom stereocenters. The lowest BCUT2D eigenvalue weighted by molar-refractivity contribution is 0.0682. The number of thiocarbonyl (C=S) groups is 1. The molecule has 0 aromatic rings. The van der Waals surface area contributed by atoms with Crippen LogP contribution in [-0.4, -0.2) is 52.5 Å². The van der Waals surface area contributed by atoms with E-state index < -0.39 is 0 Å². The molecular formula is C15H19N3OS2. The number of aliphatic imine (C=N–C) groups is 1. The molecule has 0 aliphatic carbocycles. The Labute approximate surface area is 135 Å². The highest BCUT2D eigenvalue weighted by atomic mass is 32.2. The number of hydrogen-bond acceptors (Lipinski definition) is 5. The van der Waals surface area contributed by atoms with E-state index in [0.29, 0.717) is 4.99 Å². The number of nitrogens with zero attached hydrogens (tertiary/aromatic N) is 3. The quantitative estimate of drug-likeness (QED) is 0.641. The fourth-order valence-corrected chi connectivity index (χ4v) is 4.40. The Kier molecular flexibility index (Phi) is 4.08. The first-order valence-electron chi connectivity index (χ1n) is 7.23. The lowest BCUT2D eigenvalue weighted by Gasteiger charge is -2.40. The average molecular weight is 321 g/mol. The van der Waals surface area contributed by atoms with E-state index in [1.165, 1.54) is 11.1 Å². The van der Waals surface area contributed by atoms with Gasteiger partial charge in [0, 0.05) is 29.2 Å². The van der Waals surface area contributed by atoms with Crippen LogP contribution in [0.3, 0.4) is 0 Å². The molecule has 3 aliphatic heterocycles. The molecular weight excluding hydrogens is 302 g/mol. The highest BCUT2D eigenvalue weighted by Crippen LogP contribution is 2.44. The second-order valence-electron chi connectivity index (χ2n) is 6.16. The molecule has 0 saturated carbocycles. The summed E-state index contributed by atoms with van der Waals surface area (Å²) in [6.45, 7) is 7.63. The van der Waals surface area contributed by atoms with Crippen molar-refractivity contribution in [3.05, 3.63) is 11.1 Å². The summed E-state index contributed by atoms with van der Waals surface area (Å²) in [5.41, 5.74) is 2.43. The highest BCUT2D eigenvalue weighted by Gasteiger charge is 2.39. The molecule has 4 nitrogen and oxygen atoms in total. The van der Waals surface area contributed by atoms with Crippen molar-refractivity contribution in [1.29, 1.82) is 5.26 Å². The summed E-state index contributed by atoms with van der Waals surface area (Å²) in [6, 6.07) is 2.36. The van der Waals surface area contributed by atoms with Gasteiger partial charge >= 0.3 is 0 Å². The molecule has 1 saturated heterocycles. The number of dihydropyridines is 1. The van der Waals surface area contributed by atoms with Gasteiger partial charge < -0.3 is 9.64 Å². The van der Waals surface area contributed by atoms with Gasteiger partial charge in [-0.2, -0.15) is 17.0 Å².